The normalized spacial score (nSPS) is 16.1. The summed E-state index contributed by atoms with van der Waals surface area (Å²) in [5.41, 5.74) is 4.61. The summed E-state index contributed by atoms with van der Waals surface area (Å²) in [5, 5.41) is 4.39. The maximum atomic E-state index is 13.2. The predicted octanol–water partition coefficient (Wildman–Crippen LogP) is 4.24. The zero-order valence-corrected chi connectivity index (χ0v) is 21.3. The quantitative estimate of drug-likeness (QED) is 0.326. The third kappa shape index (κ3) is 6.27. The smallest absolute Gasteiger partial charge is 0.250 e. The molecule has 0 amide bonds. The Morgan fingerprint density at radius 1 is 0.972 bits per heavy atom. The van der Waals surface area contributed by atoms with Crippen LogP contribution in [-0.2, 0) is 11.3 Å². The van der Waals surface area contributed by atoms with Gasteiger partial charge < -0.3 is 19.3 Å². The van der Waals surface area contributed by atoms with E-state index in [9.17, 15) is 4.39 Å². The van der Waals surface area contributed by atoms with Gasteiger partial charge in [-0.05, 0) is 48.7 Å². The van der Waals surface area contributed by atoms with E-state index in [1.807, 2.05) is 18.2 Å². The third-order valence-corrected chi connectivity index (χ3v) is 6.44. The van der Waals surface area contributed by atoms with Crippen LogP contribution in [0.15, 0.2) is 52.0 Å². The van der Waals surface area contributed by atoms with Gasteiger partial charge in [0.1, 0.15) is 18.2 Å². The van der Waals surface area contributed by atoms with Gasteiger partial charge in [0.2, 0.25) is 17.8 Å². The second kappa shape index (κ2) is 11.6. The van der Waals surface area contributed by atoms with Crippen LogP contribution in [0.3, 0.4) is 0 Å². The Hall–Kier alpha value is -3.31. The first kappa shape index (κ1) is 24.4. The number of hydrogen-bond donors (Lipinski definition) is 1. The first-order valence-corrected chi connectivity index (χ1v) is 12.7. The number of rotatable bonds is 8. The van der Waals surface area contributed by atoms with Crippen LogP contribution in [0.2, 0.25) is 0 Å². The molecular formula is C25H27BrFN7O2. The molecular weight excluding hydrogens is 529 g/mol. The molecule has 188 valence electrons. The van der Waals surface area contributed by atoms with Gasteiger partial charge in [0, 0.05) is 36.2 Å². The minimum atomic E-state index is -0.274. The topological polar surface area (TPSA) is 88.0 Å². The number of halogens is 2. The standard InChI is InChI=1S/C25H27BrFN7O2/c26-20-5-8-22(36-17-18-3-6-21(27)7-4-18)19(15-20)16-28-32-23-29-24(33-9-1-2-10-33)31-25(30-23)34-11-13-35-14-12-34/h3-8,15-16H,1-2,9-14,17H2,(H,29,30,31,32)/b28-16-. The van der Waals surface area contributed by atoms with E-state index in [0.717, 1.165) is 54.6 Å². The lowest BCUT2D eigenvalue weighted by Gasteiger charge is -2.27. The zero-order valence-electron chi connectivity index (χ0n) is 19.7. The molecule has 11 heteroatoms. The summed E-state index contributed by atoms with van der Waals surface area (Å²) in [6.45, 7) is 4.94. The van der Waals surface area contributed by atoms with E-state index < -0.39 is 0 Å². The Balaban J connectivity index is 1.33. The van der Waals surface area contributed by atoms with E-state index in [-0.39, 0.29) is 5.82 Å². The molecule has 2 fully saturated rings. The van der Waals surface area contributed by atoms with Crippen LogP contribution < -0.4 is 20.0 Å². The maximum Gasteiger partial charge on any atom is 0.250 e. The fourth-order valence-corrected chi connectivity index (χ4v) is 4.40. The van der Waals surface area contributed by atoms with Crippen molar-refractivity contribution in [3.8, 4) is 5.75 Å². The van der Waals surface area contributed by atoms with E-state index in [0.29, 0.717) is 43.4 Å². The molecule has 9 nitrogen and oxygen atoms in total. The van der Waals surface area contributed by atoms with Crippen LogP contribution in [0.4, 0.5) is 22.2 Å². The largest absolute Gasteiger partial charge is 0.488 e. The van der Waals surface area contributed by atoms with Crippen molar-refractivity contribution in [2.45, 2.75) is 19.4 Å². The zero-order chi connectivity index (χ0) is 24.7. The van der Waals surface area contributed by atoms with Crippen LogP contribution >= 0.6 is 15.9 Å². The Bertz CT molecular complexity index is 1200. The fourth-order valence-electron chi connectivity index (χ4n) is 4.02. The average Bonchev–Trinajstić information content (AvgIpc) is 3.45. The van der Waals surface area contributed by atoms with Gasteiger partial charge in [-0.3, -0.25) is 0 Å². The molecule has 3 aromatic rings. The maximum absolute atomic E-state index is 13.2. The summed E-state index contributed by atoms with van der Waals surface area (Å²) < 4.78 is 25.5. The van der Waals surface area contributed by atoms with Crippen molar-refractivity contribution in [2.24, 2.45) is 5.10 Å². The van der Waals surface area contributed by atoms with Crippen LogP contribution in [0.5, 0.6) is 5.75 Å². The predicted molar refractivity (Wildman–Crippen MR) is 140 cm³/mol. The third-order valence-electron chi connectivity index (χ3n) is 5.94. The van der Waals surface area contributed by atoms with Gasteiger partial charge in [-0.15, -0.1) is 0 Å². The lowest BCUT2D eigenvalue weighted by atomic mass is 10.2. The highest BCUT2D eigenvalue weighted by Crippen LogP contribution is 2.24. The number of nitrogens with zero attached hydrogens (tertiary/aromatic N) is 6. The van der Waals surface area contributed by atoms with Crippen molar-refractivity contribution in [3.05, 3.63) is 63.9 Å². The van der Waals surface area contributed by atoms with Gasteiger partial charge in [-0.1, -0.05) is 28.1 Å². The molecule has 5 rings (SSSR count). The minimum Gasteiger partial charge on any atom is -0.488 e. The minimum absolute atomic E-state index is 0.274. The monoisotopic (exact) mass is 555 g/mol. The van der Waals surface area contributed by atoms with E-state index in [4.69, 9.17) is 14.5 Å². The van der Waals surface area contributed by atoms with Gasteiger partial charge >= 0.3 is 0 Å². The van der Waals surface area contributed by atoms with Crippen LogP contribution in [0, 0.1) is 5.82 Å². The molecule has 2 saturated heterocycles. The number of nitrogens with one attached hydrogen (secondary N) is 1. The first-order chi connectivity index (χ1) is 17.6. The molecule has 2 aliphatic rings. The van der Waals surface area contributed by atoms with Crippen molar-refractivity contribution in [2.75, 3.05) is 54.6 Å². The molecule has 0 atom stereocenters. The summed E-state index contributed by atoms with van der Waals surface area (Å²) in [6.07, 6.45) is 3.92. The van der Waals surface area contributed by atoms with E-state index in [1.165, 1.54) is 12.1 Å². The Morgan fingerprint density at radius 3 is 2.39 bits per heavy atom. The van der Waals surface area contributed by atoms with E-state index in [1.54, 1.807) is 18.3 Å². The molecule has 36 heavy (non-hydrogen) atoms. The lowest BCUT2D eigenvalue weighted by Crippen LogP contribution is -2.38. The van der Waals surface area contributed by atoms with E-state index >= 15 is 0 Å². The molecule has 0 bridgehead atoms. The lowest BCUT2D eigenvalue weighted by molar-refractivity contribution is 0.122. The highest BCUT2D eigenvalue weighted by Gasteiger charge is 2.21. The summed E-state index contributed by atoms with van der Waals surface area (Å²) in [4.78, 5) is 18.2. The molecule has 0 unspecified atom stereocenters. The van der Waals surface area contributed by atoms with Crippen molar-refractivity contribution in [1.29, 1.82) is 0 Å². The van der Waals surface area contributed by atoms with Gasteiger partial charge in [-0.2, -0.15) is 20.1 Å². The molecule has 1 N–H and O–H groups in total. The fraction of sp³-hybridized carbons (Fsp3) is 0.360. The number of hydrogen-bond acceptors (Lipinski definition) is 9. The second-order valence-corrected chi connectivity index (χ2v) is 9.44. The number of ether oxygens (including phenoxy) is 2. The summed E-state index contributed by atoms with van der Waals surface area (Å²) >= 11 is 3.50. The van der Waals surface area contributed by atoms with Crippen molar-refractivity contribution >= 4 is 40.0 Å². The van der Waals surface area contributed by atoms with Gasteiger partial charge in [0.25, 0.3) is 0 Å². The molecule has 0 saturated carbocycles. The summed E-state index contributed by atoms with van der Waals surface area (Å²) in [6, 6.07) is 11.9. The van der Waals surface area contributed by atoms with Crippen LogP contribution in [0.25, 0.3) is 0 Å². The number of morpholine rings is 1. The molecule has 0 radical (unpaired) electrons. The van der Waals surface area contributed by atoms with Crippen molar-refractivity contribution in [1.82, 2.24) is 15.0 Å². The number of anilines is 3. The molecule has 2 aliphatic heterocycles. The molecule has 1 aromatic heterocycles. The Kier molecular flexibility index (Phi) is 7.87. The molecule has 2 aromatic carbocycles. The van der Waals surface area contributed by atoms with Gasteiger partial charge in [0.15, 0.2) is 0 Å². The highest BCUT2D eigenvalue weighted by molar-refractivity contribution is 9.10. The van der Waals surface area contributed by atoms with Crippen molar-refractivity contribution in [3.63, 3.8) is 0 Å². The number of aromatic nitrogens is 3. The van der Waals surface area contributed by atoms with Gasteiger partial charge in [-0.25, -0.2) is 9.82 Å². The van der Waals surface area contributed by atoms with Gasteiger partial charge in [0.05, 0.1) is 19.4 Å². The SMILES string of the molecule is Fc1ccc(COc2ccc(Br)cc2/C=N\Nc2nc(N3CCCC3)nc(N3CCOCC3)n2)cc1. The first-order valence-electron chi connectivity index (χ1n) is 11.9. The Labute approximate surface area is 217 Å². The van der Waals surface area contributed by atoms with Crippen LogP contribution in [-0.4, -0.2) is 60.6 Å². The second-order valence-electron chi connectivity index (χ2n) is 8.52. The molecule has 3 heterocycles. The van der Waals surface area contributed by atoms with E-state index in [2.05, 4.69) is 46.2 Å². The summed E-state index contributed by atoms with van der Waals surface area (Å²) in [5.74, 6) is 2.04. The molecule has 0 aliphatic carbocycles. The highest BCUT2D eigenvalue weighted by atomic mass is 79.9. The Morgan fingerprint density at radius 2 is 1.67 bits per heavy atom. The number of hydrazone groups is 1. The molecule has 0 spiro atoms. The average molecular weight is 556 g/mol. The van der Waals surface area contributed by atoms with Crippen LogP contribution in [0.1, 0.15) is 24.0 Å². The number of benzene rings is 2. The van der Waals surface area contributed by atoms with Crippen molar-refractivity contribution < 1.29 is 13.9 Å². The summed E-state index contributed by atoms with van der Waals surface area (Å²) in [7, 11) is 0.